The Balaban J connectivity index is 1.86. The molecule has 0 amide bonds. The average Bonchev–Trinajstić information content (AvgIpc) is 3.39. The highest BCUT2D eigenvalue weighted by Crippen LogP contribution is 2.38. The van der Waals surface area contributed by atoms with Gasteiger partial charge in [0, 0.05) is 18.1 Å². The van der Waals surface area contributed by atoms with Crippen molar-refractivity contribution >= 4 is 17.4 Å². The van der Waals surface area contributed by atoms with E-state index in [2.05, 4.69) is 24.8 Å². The predicted molar refractivity (Wildman–Crippen MR) is 111 cm³/mol. The average molecular weight is 496 g/mol. The molecule has 1 unspecified atom stereocenters. The molecule has 9 nitrogen and oxygen atoms in total. The molecule has 0 aliphatic rings. The van der Waals surface area contributed by atoms with Crippen molar-refractivity contribution in [3.63, 3.8) is 0 Å². The molecule has 4 aromatic rings. The van der Waals surface area contributed by atoms with Crippen molar-refractivity contribution in [2.75, 3.05) is 5.73 Å². The molecular weight excluding hydrogens is 479 g/mol. The summed E-state index contributed by atoms with van der Waals surface area (Å²) in [5.74, 6) is -2.10. The number of ether oxygens (including phenoxy) is 1. The number of aryl methyl sites for hydroxylation is 2. The number of halogens is 5. The first-order chi connectivity index (χ1) is 16.3. The van der Waals surface area contributed by atoms with E-state index in [0.29, 0.717) is 18.4 Å². The summed E-state index contributed by atoms with van der Waals surface area (Å²) in [4.78, 5) is 23.7. The molecule has 3 aromatic heterocycles. The van der Waals surface area contributed by atoms with Crippen LogP contribution >= 0.6 is 0 Å². The maximum Gasteiger partial charge on any atom is 0.490 e. The third-order valence-corrected chi connectivity index (χ3v) is 5.27. The number of benzene rings is 1. The largest absolute Gasteiger partial charge is 0.490 e. The predicted octanol–water partition coefficient (Wildman–Crippen LogP) is 4.23. The zero-order valence-corrected chi connectivity index (χ0v) is 18.4. The lowest BCUT2D eigenvalue weighted by molar-refractivity contribution is -0.226. The van der Waals surface area contributed by atoms with Gasteiger partial charge in [-0.05, 0) is 25.5 Å². The van der Waals surface area contributed by atoms with Gasteiger partial charge in [0.2, 0.25) is 5.82 Å². The van der Waals surface area contributed by atoms with E-state index >= 15 is 0 Å². The van der Waals surface area contributed by atoms with Crippen LogP contribution in [0.5, 0.6) is 0 Å². The van der Waals surface area contributed by atoms with Gasteiger partial charge in [-0.1, -0.05) is 12.1 Å². The lowest BCUT2D eigenvalue weighted by atomic mass is 9.91. The molecule has 4 rings (SSSR count). The minimum absolute atomic E-state index is 0.0133. The SMILES string of the molecule is Cc1ncc(-c2nc(N)c3ncc(-c4cc(C(C)(OC(=O)C(F)(F)F)C(F)F)ccc4C)n3n2)o1. The number of esters is 1. The monoisotopic (exact) mass is 496 g/mol. The minimum Gasteiger partial charge on any atom is -0.442 e. The van der Waals surface area contributed by atoms with E-state index in [4.69, 9.17) is 10.2 Å². The van der Waals surface area contributed by atoms with Crippen LogP contribution in [0.3, 0.4) is 0 Å². The summed E-state index contributed by atoms with van der Waals surface area (Å²) >= 11 is 0. The molecule has 0 aliphatic heterocycles. The second-order valence-corrected chi connectivity index (χ2v) is 7.77. The Kier molecular flexibility index (Phi) is 5.69. The summed E-state index contributed by atoms with van der Waals surface area (Å²) in [5.41, 5.74) is 3.99. The van der Waals surface area contributed by atoms with E-state index in [1.165, 1.54) is 29.0 Å². The first kappa shape index (κ1) is 24.0. The quantitative estimate of drug-likeness (QED) is 0.322. The van der Waals surface area contributed by atoms with Crippen LogP contribution in [-0.4, -0.2) is 43.1 Å². The molecule has 3 heterocycles. The number of aromatic nitrogens is 5. The number of hydrogen-bond donors (Lipinski definition) is 1. The molecule has 1 atom stereocenters. The van der Waals surface area contributed by atoms with Gasteiger partial charge in [0.05, 0.1) is 18.1 Å². The summed E-state index contributed by atoms with van der Waals surface area (Å²) in [6, 6.07) is 3.74. The van der Waals surface area contributed by atoms with E-state index < -0.39 is 24.2 Å². The minimum atomic E-state index is -5.45. The Labute approximate surface area is 193 Å². The van der Waals surface area contributed by atoms with Gasteiger partial charge in [0.1, 0.15) is 0 Å². The number of hydrogen-bond acceptors (Lipinski definition) is 8. The Morgan fingerprint density at radius 3 is 2.49 bits per heavy atom. The third kappa shape index (κ3) is 4.26. The van der Waals surface area contributed by atoms with E-state index in [0.717, 1.165) is 6.07 Å². The Morgan fingerprint density at radius 2 is 1.89 bits per heavy atom. The van der Waals surface area contributed by atoms with Crippen molar-refractivity contribution in [1.82, 2.24) is 24.6 Å². The fraction of sp³-hybridized carbons (Fsp3) is 0.286. The van der Waals surface area contributed by atoms with Crippen molar-refractivity contribution in [1.29, 1.82) is 0 Å². The lowest BCUT2D eigenvalue weighted by Gasteiger charge is -2.30. The van der Waals surface area contributed by atoms with E-state index in [-0.39, 0.29) is 39.9 Å². The number of fused-ring (bicyclic) bond motifs is 1. The molecule has 0 aliphatic carbocycles. The molecule has 0 saturated heterocycles. The smallest absolute Gasteiger partial charge is 0.442 e. The summed E-state index contributed by atoms with van der Waals surface area (Å²) in [7, 11) is 0. The number of alkyl halides is 5. The van der Waals surface area contributed by atoms with Crippen molar-refractivity contribution in [3.8, 4) is 22.8 Å². The molecule has 0 radical (unpaired) electrons. The molecule has 2 N–H and O–H groups in total. The van der Waals surface area contributed by atoms with Gasteiger partial charge in [-0.25, -0.2) is 33.0 Å². The van der Waals surface area contributed by atoms with Crippen LogP contribution in [0.1, 0.15) is 23.9 Å². The molecular formula is C21H17F5N6O3. The van der Waals surface area contributed by atoms with Crippen molar-refractivity contribution in [3.05, 3.63) is 47.6 Å². The van der Waals surface area contributed by atoms with Gasteiger partial charge in [0.25, 0.3) is 6.43 Å². The number of nitrogens with zero attached hydrogens (tertiary/aromatic N) is 5. The Hall–Kier alpha value is -4.10. The highest BCUT2D eigenvalue weighted by atomic mass is 19.4. The molecule has 1 aromatic carbocycles. The van der Waals surface area contributed by atoms with Gasteiger partial charge < -0.3 is 14.9 Å². The molecule has 14 heteroatoms. The maximum absolute atomic E-state index is 13.9. The Bertz CT molecular complexity index is 1430. The fourth-order valence-corrected chi connectivity index (χ4v) is 3.34. The third-order valence-electron chi connectivity index (χ3n) is 5.27. The van der Waals surface area contributed by atoms with Crippen LogP contribution < -0.4 is 5.73 Å². The summed E-state index contributed by atoms with van der Waals surface area (Å²) in [6.45, 7) is 3.97. The summed E-state index contributed by atoms with van der Waals surface area (Å²) < 4.78 is 77.1. The number of imidazole rings is 1. The molecule has 0 saturated carbocycles. The standard InChI is InChI=1S/C21H17F5N6O3/c1-9-4-5-11(20(3,18(22)23)35-19(33)21(24,25)26)6-12(9)13-7-29-17-15(27)30-16(31-32(13)17)14-8-28-10(2)34-14/h4-8,18H,1-3H3,(H2,27,30,31). The van der Waals surface area contributed by atoms with E-state index in [9.17, 15) is 26.7 Å². The fourth-order valence-electron chi connectivity index (χ4n) is 3.34. The van der Waals surface area contributed by atoms with Crippen LogP contribution in [0.15, 0.2) is 35.0 Å². The molecule has 0 bridgehead atoms. The van der Waals surface area contributed by atoms with Gasteiger partial charge in [-0.2, -0.15) is 13.2 Å². The van der Waals surface area contributed by atoms with Gasteiger partial charge in [-0.3, -0.25) is 0 Å². The van der Waals surface area contributed by atoms with E-state index in [1.807, 2.05) is 0 Å². The number of carbonyl (C=O) groups excluding carboxylic acids is 1. The highest BCUT2D eigenvalue weighted by Gasteiger charge is 2.49. The van der Waals surface area contributed by atoms with Crippen LogP contribution in [0.4, 0.5) is 27.8 Å². The second-order valence-electron chi connectivity index (χ2n) is 7.77. The van der Waals surface area contributed by atoms with Crippen LogP contribution in [-0.2, 0) is 15.1 Å². The number of nitrogens with two attached hydrogens (primary N) is 1. The highest BCUT2D eigenvalue weighted by molar-refractivity contribution is 5.77. The number of nitrogen functional groups attached to an aromatic ring is 1. The number of carbonyl (C=O) groups is 1. The zero-order valence-electron chi connectivity index (χ0n) is 18.4. The first-order valence-corrected chi connectivity index (χ1v) is 9.95. The van der Waals surface area contributed by atoms with Crippen LogP contribution in [0.25, 0.3) is 28.5 Å². The molecule has 0 spiro atoms. The zero-order chi connectivity index (χ0) is 25.7. The van der Waals surface area contributed by atoms with Crippen molar-refractivity contribution in [2.45, 2.75) is 39.0 Å². The van der Waals surface area contributed by atoms with E-state index in [1.54, 1.807) is 13.8 Å². The number of anilines is 1. The van der Waals surface area contributed by atoms with Gasteiger partial charge in [-0.15, -0.1) is 5.10 Å². The normalized spacial score (nSPS) is 13.9. The maximum atomic E-state index is 13.9. The van der Waals surface area contributed by atoms with Crippen LogP contribution in [0.2, 0.25) is 0 Å². The van der Waals surface area contributed by atoms with Crippen LogP contribution in [0, 0.1) is 13.8 Å². The van der Waals surface area contributed by atoms with Crippen molar-refractivity contribution < 1.29 is 35.9 Å². The van der Waals surface area contributed by atoms with Gasteiger partial charge in [0.15, 0.2) is 28.7 Å². The second kappa shape index (κ2) is 8.29. The Morgan fingerprint density at radius 1 is 1.17 bits per heavy atom. The van der Waals surface area contributed by atoms with Gasteiger partial charge >= 0.3 is 12.1 Å². The molecule has 0 fully saturated rings. The molecule has 35 heavy (non-hydrogen) atoms. The van der Waals surface area contributed by atoms with Crippen molar-refractivity contribution in [2.24, 2.45) is 0 Å². The first-order valence-electron chi connectivity index (χ1n) is 9.95. The topological polar surface area (TPSA) is 121 Å². The summed E-state index contributed by atoms with van der Waals surface area (Å²) in [6.07, 6.45) is -6.18. The number of oxazole rings is 1. The molecule has 184 valence electrons. The lowest BCUT2D eigenvalue weighted by Crippen LogP contribution is -2.41. The summed E-state index contributed by atoms with van der Waals surface area (Å²) in [5, 5.41) is 4.35. The number of rotatable bonds is 5.